The van der Waals surface area contributed by atoms with Crippen LogP contribution in [-0.4, -0.2) is 11.6 Å². The van der Waals surface area contributed by atoms with Crippen LogP contribution in [0, 0.1) is 17.2 Å². The minimum atomic E-state index is -0.306. The lowest BCUT2D eigenvalue weighted by atomic mass is 9.92. The van der Waals surface area contributed by atoms with Crippen molar-refractivity contribution < 1.29 is 0 Å². The average Bonchev–Trinajstić information content (AvgIpc) is 2.67. The largest absolute Gasteiger partial charge is 0.297 e. The van der Waals surface area contributed by atoms with E-state index in [0.717, 1.165) is 12.8 Å². The van der Waals surface area contributed by atoms with Crippen molar-refractivity contribution in [2.45, 2.75) is 70.9 Å². The van der Waals surface area contributed by atoms with Crippen molar-refractivity contribution in [3.05, 3.63) is 0 Å². The molecular formula is C13H24N2. The van der Waals surface area contributed by atoms with Gasteiger partial charge in [-0.25, -0.2) is 0 Å². The van der Waals surface area contributed by atoms with Gasteiger partial charge in [0.2, 0.25) is 0 Å². The van der Waals surface area contributed by atoms with Gasteiger partial charge >= 0.3 is 0 Å². The lowest BCUT2D eigenvalue weighted by molar-refractivity contribution is 0.335. The number of rotatable bonds is 5. The molecule has 0 bridgehead atoms. The molecule has 0 spiro atoms. The number of nitrogens with zero attached hydrogens (tertiary/aromatic N) is 1. The second-order valence-electron chi connectivity index (χ2n) is 5.50. The molecule has 15 heavy (non-hydrogen) atoms. The molecule has 1 rings (SSSR count). The molecule has 0 heterocycles. The van der Waals surface area contributed by atoms with Crippen molar-refractivity contribution in [2.24, 2.45) is 5.92 Å². The lowest BCUT2D eigenvalue weighted by Gasteiger charge is -2.28. The standard InChI is InChI=1S/C13H24N2/c1-11(2)8-9-13(3,10-14)15-12-6-4-5-7-12/h11-12,15H,4-9H2,1-3H3. The first-order valence-electron chi connectivity index (χ1n) is 6.25. The molecule has 0 radical (unpaired) electrons. The summed E-state index contributed by atoms with van der Waals surface area (Å²) in [4.78, 5) is 0. The van der Waals surface area contributed by atoms with Crippen LogP contribution in [-0.2, 0) is 0 Å². The van der Waals surface area contributed by atoms with Crippen molar-refractivity contribution in [1.82, 2.24) is 5.32 Å². The number of hydrogen-bond donors (Lipinski definition) is 1. The molecule has 1 aliphatic carbocycles. The van der Waals surface area contributed by atoms with E-state index in [4.69, 9.17) is 0 Å². The number of hydrogen-bond acceptors (Lipinski definition) is 2. The maximum absolute atomic E-state index is 9.25. The Morgan fingerprint density at radius 3 is 2.47 bits per heavy atom. The summed E-state index contributed by atoms with van der Waals surface area (Å²) in [5.74, 6) is 0.683. The third kappa shape index (κ3) is 4.22. The summed E-state index contributed by atoms with van der Waals surface area (Å²) in [6, 6.07) is 3.03. The summed E-state index contributed by atoms with van der Waals surface area (Å²) in [6.45, 7) is 6.48. The zero-order valence-corrected chi connectivity index (χ0v) is 10.3. The number of nitrogens with one attached hydrogen (secondary N) is 1. The van der Waals surface area contributed by atoms with Gasteiger partial charge in [-0.15, -0.1) is 0 Å². The van der Waals surface area contributed by atoms with E-state index >= 15 is 0 Å². The van der Waals surface area contributed by atoms with E-state index in [1.54, 1.807) is 0 Å². The molecule has 1 unspecified atom stereocenters. The predicted molar refractivity (Wildman–Crippen MR) is 63.5 cm³/mol. The van der Waals surface area contributed by atoms with Crippen molar-refractivity contribution in [1.29, 1.82) is 5.26 Å². The third-order valence-electron chi connectivity index (χ3n) is 3.35. The van der Waals surface area contributed by atoms with Gasteiger partial charge in [-0.3, -0.25) is 5.32 Å². The smallest absolute Gasteiger partial charge is 0.104 e. The normalized spacial score (nSPS) is 21.5. The molecule has 2 nitrogen and oxygen atoms in total. The average molecular weight is 208 g/mol. The summed E-state index contributed by atoms with van der Waals surface area (Å²) in [6.07, 6.45) is 7.24. The summed E-state index contributed by atoms with van der Waals surface area (Å²) in [7, 11) is 0. The first kappa shape index (κ1) is 12.5. The topological polar surface area (TPSA) is 35.8 Å². The van der Waals surface area contributed by atoms with Crippen LogP contribution in [0.2, 0.25) is 0 Å². The fraction of sp³-hybridized carbons (Fsp3) is 0.923. The summed E-state index contributed by atoms with van der Waals surface area (Å²) >= 11 is 0. The summed E-state index contributed by atoms with van der Waals surface area (Å²) in [5.41, 5.74) is -0.306. The predicted octanol–water partition coefficient (Wildman–Crippen LogP) is 3.24. The Labute approximate surface area is 94.1 Å². The minimum absolute atomic E-state index is 0.306. The van der Waals surface area contributed by atoms with Crippen LogP contribution in [0.1, 0.15) is 59.3 Å². The van der Waals surface area contributed by atoms with E-state index in [2.05, 4.69) is 25.2 Å². The molecule has 0 aromatic heterocycles. The molecule has 1 N–H and O–H groups in total. The van der Waals surface area contributed by atoms with E-state index < -0.39 is 0 Å². The Bertz CT molecular complexity index is 223. The first-order chi connectivity index (χ1) is 7.06. The van der Waals surface area contributed by atoms with E-state index in [-0.39, 0.29) is 5.54 Å². The summed E-state index contributed by atoms with van der Waals surface area (Å²) in [5, 5.41) is 12.8. The number of nitriles is 1. The Kier molecular flexibility index (Phi) is 4.60. The van der Waals surface area contributed by atoms with Gasteiger partial charge in [-0.05, 0) is 38.5 Å². The van der Waals surface area contributed by atoms with Crippen LogP contribution in [0.25, 0.3) is 0 Å². The maximum atomic E-state index is 9.25. The van der Waals surface area contributed by atoms with Gasteiger partial charge in [-0.2, -0.15) is 5.26 Å². The molecular weight excluding hydrogens is 184 g/mol. The third-order valence-corrected chi connectivity index (χ3v) is 3.35. The molecule has 1 atom stereocenters. The first-order valence-corrected chi connectivity index (χ1v) is 6.25. The highest BCUT2D eigenvalue weighted by Crippen LogP contribution is 2.23. The van der Waals surface area contributed by atoms with E-state index in [9.17, 15) is 5.26 Å². The highest BCUT2D eigenvalue weighted by molar-refractivity contribution is 5.05. The molecule has 1 saturated carbocycles. The van der Waals surface area contributed by atoms with Gasteiger partial charge in [0.05, 0.1) is 6.07 Å². The molecule has 0 aromatic rings. The highest BCUT2D eigenvalue weighted by Gasteiger charge is 2.28. The molecule has 0 saturated heterocycles. The SMILES string of the molecule is CC(C)CCC(C)(C#N)NC1CCCC1. The Hall–Kier alpha value is -0.550. The van der Waals surface area contributed by atoms with E-state index in [1.165, 1.54) is 25.7 Å². The van der Waals surface area contributed by atoms with Crippen LogP contribution >= 0.6 is 0 Å². The monoisotopic (exact) mass is 208 g/mol. The second kappa shape index (κ2) is 5.51. The fourth-order valence-corrected chi connectivity index (χ4v) is 2.26. The quantitative estimate of drug-likeness (QED) is 0.753. The molecule has 2 heteroatoms. The Balaban J connectivity index is 2.41. The van der Waals surface area contributed by atoms with Gasteiger partial charge in [0.15, 0.2) is 0 Å². The van der Waals surface area contributed by atoms with Crippen molar-refractivity contribution in [2.75, 3.05) is 0 Å². The molecule has 0 aromatic carbocycles. The molecule has 1 fully saturated rings. The second-order valence-corrected chi connectivity index (χ2v) is 5.50. The van der Waals surface area contributed by atoms with Crippen LogP contribution < -0.4 is 5.32 Å². The van der Waals surface area contributed by atoms with Gasteiger partial charge in [0, 0.05) is 6.04 Å². The van der Waals surface area contributed by atoms with Crippen LogP contribution in [0.4, 0.5) is 0 Å². The van der Waals surface area contributed by atoms with Gasteiger partial charge < -0.3 is 0 Å². The fourth-order valence-electron chi connectivity index (χ4n) is 2.26. The zero-order valence-electron chi connectivity index (χ0n) is 10.3. The molecule has 1 aliphatic rings. The van der Waals surface area contributed by atoms with Gasteiger partial charge in [0.1, 0.15) is 5.54 Å². The highest BCUT2D eigenvalue weighted by atomic mass is 15.0. The van der Waals surface area contributed by atoms with Gasteiger partial charge in [-0.1, -0.05) is 26.7 Å². The lowest BCUT2D eigenvalue weighted by Crippen LogP contribution is -2.46. The van der Waals surface area contributed by atoms with E-state index in [1.807, 2.05) is 6.92 Å². The minimum Gasteiger partial charge on any atom is -0.297 e. The van der Waals surface area contributed by atoms with Crippen LogP contribution in [0.3, 0.4) is 0 Å². The van der Waals surface area contributed by atoms with E-state index in [0.29, 0.717) is 12.0 Å². The van der Waals surface area contributed by atoms with Crippen molar-refractivity contribution in [3.63, 3.8) is 0 Å². The summed E-state index contributed by atoms with van der Waals surface area (Å²) < 4.78 is 0. The van der Waals surface area contributed by atoms with Crippen LogP contribution in [0.15, 0.2) is 0 Å². The Morgan fingerprint density at radius 1 is 1.40 bits per heavy atom. The Morgan fingerprint density at radius 2 is 2.00 bits per heavy atom. The van der Waals surface area contributed by atoms with Crippen molar-refractivity contribution >= 4 is 0 Å². The maximum Gasteiger partial charge on any atom is 0.104 e. The molecule has 0 aliphatic heterocycles. The molecule has 86 valence electrons. The zero-order chi connectivity index (χ0) is 11.3. The van der Waals surface area contributed by atoms with Crippen LogP contribution in [0.5, 0.6) is 0 Å². The van der Waals surface area contributed by atoms with Gasteiger partial charge in [0.25, 0.3) is 0 Å². The van der Waals surface area contributed by atoms with Crippen molar-refractivity contribution in [3.8, 4) is 6.07 Å². The molecule has 0 amide bonds.